The Bertz CT molecular complexity index is 1060. The Labute approximate surface area is 187 Å². The van der Waals surface area contributed by atoms with Gasteiger partial charge < -0.3 is 19.5 Å². The van der Waals surface area contributed by atoms with Gasteiger partial charge in [-0.15, -0.1) is 0 Å². The van der Waals surface area contributed by atoms with Crippen LogP contribution in [-0.4, -0.2) is 52.9 Å². The van der Waals surface area contributed by atoms with E-state index in [-0.39, 0.29) is 12.2 Å². The Hall–Kier alpha value is -3.07. The summed E-state index contributed by atoms with van der Waals surface area (Å²) in [6.07, 6.45) is 4.23. The summed E-state index contributed by atoms with van der Waals surface area (Å²) in [6.45, 7) is 4.19. The lowest BCUT2D eigenvalue weighted by atomic mass is 9.80. The van der Waals surface area contributed by atoms with Crippen molar-refractivity contribution in [2.45, 2.75) is 19.4 Å². The van der Waals surface area contributed by atoms with Crippen molar-refractivity contribution < 1.29 is 19.5 Å². The van der Waals surface area contributed by atoms with Crippen molar-refractivity contribution in [3.63, 3.8) is 0 Å². The van der Waals surface area contributed by atoms with Crippen LogP contribution >= 0.6 is 0 Å². The molecule has 0 amide bonds. The summed E-state index contributed by atoms with van der Waals surface area (Å²) in [6, 6.07) is 17.4. The van der Waals surface area contributed by atoms with Crippen molar-refractivity contribution in [3.8, 4) is 17.2 Å². The van der Waals surface area contributed by atoms with Gasteiger partial charge in [-0.3, -0.25) is 14.3 Å². The lowest BCUT2D eigenvalue weighted by molar-refractivity contribution is 0.238. The van der Waals surface area contributed by atoms with Gasteiger partial charge in [0.25, 0.3) is 5.56 Å². The van der Waals surface area contributed by atoms with E-state index in [4.69, 9.17) is 19.5 Å². The highest BCUT2D eigenvalue weighted by Gasteiger charge is 2.11. The van der Waals surface area contributed by atoms with Gasteiger partial charge in [0.1, 0.15) is 24.7 Å². The van der Waals surface area contributed by atoms with Gasteiger partial charge in [0, 0.05) is 24.5 Å². The van der Waals surface area contributed by atoms with Crippen molar-refractivity contribution in [3.05, 3.63) is 82.8 Å². The zero-order valence-corrected chi connectivity index (χ0v) is 17.9. The molecule has 1 aliphatic rings. The van der Waals surface area contributed by atoms with E-state index in [1.807, 2.05) is 24.3 Å². The van der Waals surface area contributed by atoms with Gasteiger partial charge in [0.2, 0.25) is 0 Å². The largest absolute Gasteiger partial charge is 0.492 e. The van der Waals surface area contributed by atoms with Crippen LogP contribution in [-0.2, 0) is 6.61 Å². The minimum atomic E-state index is -1.49. The molecule has 2 aromatic carbocycles. The number of ether oxygens (including phenoxy) is 2. The van der Waals surface area contributed by atoms with E-state index in [2.05, 4.69) is 4.90 Å². The molecule has 8 heteroatoms. The smallest absolute Gasteiger partial charge is 0.488 e. The molecule has 4 rings (SSSR count). The van der Waals surface area contributed by atoms with Gasteiger partial charge in [0.05, 0.1) is 0 Å². The maximum Gasteiger partial charge on any atom is 0.488 e. The molecule has 7 nitrogen and oxygen atoms in total. The third-order valence-corrected chi connectivity index (χ3v) is 5.56. The van der Waals surface area contributed by atoms with E-state index >= 15 is 0 Å². The molecule has 0 spiro atoms. The first-order valence-corrected chi connectivity index (χ1v) is 10.8. The molecule has 2 N–H and O–H groups in total. The minimum Gasteiger partial charge on any atom is -0.492 e. The van der Waals surface area contributed by atoms with Crippen LogP contribution in [0.2, 0.25) is 0 Å². The van der Waals surface area contributed by atoms with E-state index < -0.39 is 7.12 Å². The molecule has 1 aromatic heterocycles. The van der Waals surface area contributed by atoms with E-state index in [0.29, 0.717) is 17.8 Å². The van der Waals surface area contributed by atoms with Crippen LogP contribution in [0, 0.1) is 0 Å². The molecule has 0 unspecified atom stereocenters. The number of hydrogen-bond donors (Lipinski definition) is 2. The number of hydrogen-bond acceptors (Lipinski definition) is 6. The third-order valence-electron chi connectivity index (χ3n) is 5.56. The zero-order chi connectivity index (χ0) is 22.3. The molecule has 0 atom stereocenters. The van der Waals surface area contributed by atoms with E-state index in [0.717, 1.165) is 36.6 Å². The standard InChI is InChI=1S/C24H27BN2O5/c28-24-17-23(32-18-19-3-5-20(6-4-19)25(29)30)11-14-27(24)21-7-9-22(10-8-21)31-16-15-26-12-1-2-13-26/h3-11,14,17,29-30H,1-2,12-13,15-16,18H2. The summed E-state index contributed by atoms with van der Waals surface area (Å²) >= 11 is 0. The molecule has 2 heterocycles. The molecule has 0 radical (unpaired) electrons. The Morgan fingerprint density at radius 1 is 0.875 bits per heavy atom. The first-order valence-electron chi connectivity index (χ1n) is 10.8. The van der Waals surface area contributed by atoms with Gasteiger partial charge >= 0.3 is 7.12 Å². The summed E-state index contributed by atoms with van der Waals surface area (Å²) in [4.78, 5) is 15.0. The lowest BCUT2D eigenvalue weighted by Gasteiger charge is -2.15. The highest BCUT2D eigenvalue weighted by Crippen LogP contribution is 2.16. The first-order chi connectivity index (χ1) is 15.6. The Kier molecular flexibility index (Phi) is 7.26. The highest BCUT2D eigenvalue weighted by molar-refractivity contribution is 6.58. The first kappa shape index (κ1) is 22.1. The molecule has 3 aromatic rings. The van der Waals surface area contributed by atoms with E-state index in [9.17, 15) is 4.79 Å². The summed E-state index contributed by atoms with van der Waals surface area (Å²) < 4.78 is 13.1. The number of pyridine rings is 1. The SMILES string of the molecule is O=c1cc(OCc2ccc(B(O)O)cc2)ccn1-c1ccc(OCCN2CCCC2)cc1. The second-order valence-corrected chi connectivity index (χ2v) is 7.87. The minimum absolute atomic E-state index is 0.191. The Morgan fingerprint density at radius 2 is 1.59 bits per heavy atom. The average Bonchev–Trinajstić information content (AvgIpc) is 3.32. The van der Waals surface area contributed by atoms with Crippen molar-refractivity contribution in [2.24, 2.45) is 0 Å². The van der Waals surface area contributed by atoms with Gasteiger partial charge in [-0.2, -0.15) is 0 Å². The van der Waals surface area contributed by atoms with Crippen molar-refractivity contribution in [1.29, 1.82) is 0 Å². The van der Waals surface area contributed by atoms with Crippen LogP contribution in [0.15, 0.2) is 71.7 Å². The Morgan fingerprint density at radius 3 is 2.25 bits per heavy atom. The monoisotopic (exact) mass is 434 g/mol. The predicted octanol–water partition coefficient (Wildman–Crippen LogP) is 1.57. The lowest BCUT2D eigenvalue weighted by Crippen LogP contribution is -2.29. The maximum atomic E-state index is 12.6. The van der Waals surface area contributed by atoms with Gasteiger partial charge in [-0.05, 0) is 67.3 Å². The van der Waals surface area contributed by atoms with Crippen LogP contribution in [0.25, 0.3) is 5.69 Å². The molecule has 0 aliphatic carbocycles. The van der Waals surface area contributed by atoms with Crippen LogP contribution in [0.5, 0.6) is 11.5 Å². The number of aromatic nitrogens is 1. The average molecular weight is 434 g/mol. The number of benzene rings is 2. The second kappa shape index (κ2) is 10.5. The summed E-state index contributed by atoms with van der Waals surface area (Å²) in [5.41, 5.74) is 1.84. The van der Waals surface area contributed by atoms with Crippen molar-refractivity contribution in [1.82, 2.24) is 9.47 Å². The van der Waals surface area contributed by atoms with Crippen molar-refractivity contribution >= 4 is 12.6 Å². The molecular formula is C24H27BN2O5. The number of rotatable bonds is 9. The molecule has 1 aliphatic heterocycles. The molecular weight excluding hydrogens is 407 g/mol. The third kappa shape index (κ3) is 5.79. The van der Waals surface area contributed by atoms with Crippen molar-refractivity contribution in [2.75, 3.05) is 26.2 Å². The van der Waals surface area contributed by atoms with E-state index in [1.165, 1.54) is 18.9 Å². The highest BCUT2D eigenvalue weighted by atomic mass is 16.5. The number of likely N-dealkylation sites (tertiary alicyclic amines) is 1. The molecule has 0 saturated carbocycles. The summed E-state index contributed by atoms with van der Waals surface area (Å²) in [7, 11) is -1.49. The van der Waals surface area contributed by atoms with Gasteiger partial charge in [0.15, 0.2) is 0 Å². The van der Waals surface area contributed by atoms with Gasteiger partial charge in [-0.25, -0.2) is 0 Å². The predicted molar refractivity (Wildman–Crippen MR) is 124 cm³/mol. The fraction of sp³-hybridized carbons (Fsp3) is 0.292. The van der Waals surface area contributed by atoms with Crippen LogP contribution in [0.1, 0.15) is 18.4 Å². The quantitative estimate of drug-likeness (QED) is 0.498. The summed E-state index contributed by atoms with van der Waals surface area (Å²) in [5, 5.41) is 18.3. The molecule has 1 fully saturated rings. The van der Waals surface area contributed by atoms with Gasteiger partial charge in [-0.1, -0.05) is 24.3 Å². The fourth-order valence-electron chi connectivity index (χ4n) is 3.72. The zero-order valence-electron chi connectivity index (χ0n) is 17.9. The van der Waals surface area contributed by atoms with Crippen LogP contribution < -0.4 is 20.5 Å². The molecule has 32 heavy (non-hydrogen) atoms. The van der Waals surface area contributed by atoms with Crippen LogP contribution in [0.3, 0.4) is 0 Å². The molecule has 0 bridgehead atoms. The van der Waals surface area contributed by atoms with E-state index in [1.54, 1.807) is 41.1 Å². The topological polar surface area (TPSA) is 84.2 Å². The second-order valence-electron chi connectivity index (χ2n) is 7.87. The maximum absolute atomic E-state index is 12.6. The molecule has 166 valence electrons. The number of nitrogens with zero attached hydrogens (tertiary/aromatic N) is 2. The molecule has 1 saturated heterocycles. The van der Waals surface area contributed by atoms with Crippen LogP contribution in [0.4, 0.5) is 0 Å². The fourth-order valence-corrected chi connectivity index (χ4v) is 3.72. The summed E-state index contributed by atoms with van der Waals surface area (Å²) in [5.74, 6) is 1.26. The normalized spacial score (nSPS) is 13.8. The Balaban J connectivity index is 1.32.